The van der Waals surface area contributed by atoms with Crippen molar-refractivity contribution in [3.8, 4) is 0 Å². The summed E-state index contributed by atoms with van der Waals surface area (Å²) in [6, 6.07) is 4.97. The Hall–Kier alpha value is -0.760. The van der Waals surface area contributed by atoms with Crippen molar-refractivity contribution in [1.82, 2.24) is 9.47 Å². The van der Waals surface area contributed by atoms with Gasteiger partial charge in [-0.3, -0.25) is 0 Å². The first-order valence-electron chi connectivity index (χ1n) is 4.67. The van der Waals surface area contributed by atoms with Crippen LogP contribution in [0, 0.1) is 0 Å². The fourth-order valence-corrected chi connectivity index (χ4v) is 1.88. The zero-order valence-corrected chi connectivity index (χ0v) is 7.61. The van der Waals surface area contributed by atoms with Gasteiger partial charge in [-0.15, -0.1) is 0 Å². The molecule has 0 spiro atoms. The molecule has 0 radical (unpaired) electrons. The quantitative estimate of drug-likeness (QED) is 0.614. The molecule has 0 saturated carbocycles. The van der Waals surface area contributed by atoms with Gasteiger partial charge in [0.05, 0.1) is 0 Å². The van der Waals surface area contributed by atoms with Gasteiger partial charge in [-0.2, -0.15) is 0 Å². The Morgan fingerprint density at radius 1 is 1.08 bits per heavy atom. The summed E-state index contributed by atoms with van der Waals surface area (Å²) in [4.78, 5) is 2.40. The second-order valence-electron chi connectivity index (χ2n) is 3.66. The predicted molar refractivity (Wildman–Crippen MR) is 50.2 cm³/mol. The lowest BCUT2D eigenvalue weighted by Crippen LogP contribution is -2.31. The van der Waals surface area contributed by atoms with E-state index in [1.807, 2.05) is 0 Å². The number of piperidine rings is 1. The molecule has 0 unspecified atom stereocenters. The summed E-state index contributed by atoms with van der Waals surface area (Å²) in [5.74, 6) is 0. The average Bonchev–Trinajstić information content (AvgIpc) is 2.58. The van der Waals surface area contributed by atoms with Crippen molar-refractivity contribution >= 4 is 0 Å². The van der Waals surface area contributed by atoms with Crippen LogP contribution >= 0.6 is 0 Å². The van der Waals surface area contributed by atoms with E-state index in [1.165, 1.54) is 25.9 Å². The topological polar surface area (TPSA) is 8.17 Å². The molecule has 66 valence electrons. The minimum Gasteiger partial charge on any atom is -0.351 e. The third-order valence-corrected chi connectivity index (χ3v) is 2.74. The molecule has 0 N–H and O–H groups in total. The van der Waals surface area contributed by atoms with Gasteiger partial charge in [0.15, 0.2) is 0 Å². The third-order valence-electron chi connectivity index (χ3n) is 2.74. The molecule has 0 amide bonds. The van der Waals surface area contributed by atoms with Crippen LogP contribution in [0.15, 0.2) is 24.5 Å². The third kappa shape index (κ3) is 1.53. The highest BCUT2D eigenvalue weighted by Gasteiger charge is 2.16. The number of aromatic nitrogens is 1. The summed E-state index contributed by atoms with van der Waals surface area (Å²) in [6.07, 6.45) is 6.95. The number of hydrogen-bond donors (Lipinski definition) is 0. The van der Waals surface area contributed by atoms with Crippen molar-refractivity contribution in [1.29, 1.82) is 0 Å². The molecular formula is C10H16N2. The zero-order valence-electron chi connectivity index (χ0n) is 7.61. The van der Waals surface area contributed by atoms with Crippen LogP contribution in [0.2, 0.25) is 0 Å². The smallest absolute Gasteiger partial charge is 0.0355 e. The molecule has 2 rings (SSSR count). The number of hydrogen-bond acceptors (Lipinski definition) is 1. The highest BCUT2D eigenvalue weighted by molar-refractivity contribution is 4.94. The second-order valence-corrected chi connectivity index (χ2v) is 3.66. The largest absolute Gasteiger partial charge is 0.351 e. The lowest BCUT2D eigenvalue weighted by Gasteiger charge is -2.29. The Labute approximate surface area is 73.8 Å². The Kier molecular flexibility index (Phi) is 2.17. The molecule has 1 aliphatic heterocycles. The highest BCUT2D eigenvalue weighted by atomic mass is 15.1. The van der Waals surface area contributed by atoms with E-state index in [2.05, 4.69) is 41.0 Å². The van der Waals surface area contributed by atoms with Crippen LogP contribution in [0.3, 0.4) is 0 Å². The summed E-state index contributed by atoms with van der Waals surface area (Å²) in [6.45, 7) is 2.48. The minimum absolute atomic E-state index is 0.746. The van der Waals surface area contributed by atoms with E-state index in [0.29, 0.717) is 0 Å². The molecule has 1 aromatic heterocycles. The van der Waals surface area contributed by atoms with Gasteiger partial charge >= 0.3 is 0 Å². The first-order valence-corrected chi connectivity index (χ1v) is 4.67. The molecule has 0 aromatic carbocycles. The second kappa shape index (κ2) is 3.31. The van der Waals surface area contributed by atoms with Gasteiger partial charge in [-0.05, 0) is 45.1 Å². The Bertz CT molecular complexity index is 220. The van der Waals surface area contributed by atoms with Gasteiger partial charge in [-0.25, -0.2) is 0 Å². The standard InChI is InChI=1S/C10H16N2/c1-11-8-4-10(5-9-11)12-6-2-3-7-12/h2-3,6-7,10H,4-5,8-9H2,1H3. The summed E-state index contributed by atoms with van der Waals surface area (Å²) >= 11 is 0. The van der Waals surface area contributed by atoms with Crippen molar-refractivity contribution in [2.24, 2.45) is 0 Å². The molecular weight excluding hydrogens is 148 g/mol. The van der Waals surface area contributed by atoms with Gasteiger partial charge in [0.2, 0.25) is 0 Å². The molecule has 0 aliphatic carbocycles. The number of nitrogens with zero attached hydrogens (tertiary/aromatic N) is 2. The van der Waals surface area contributed by atoms with Crippen molar-refractivity contribution in [2.75, 3.05) is 20.1 Å². The van der Waals surface area contributed by atoms with E-state index in [9.17, 15) is 0 Å². The number of likely N-dealkylation sites (tertiary alicyclic amines) is 1. The Balaban J connectivity index is 1.99. The maximum atomic E-state index is 2.40. The lowest BCUT2D eigenvalue weighted by atomic mass is 10.1. The summed E-state index contributed by atoms with van der Waals surface area (Å²) in [5, 5.41) is 0. The SMILES string of the molecule is CN1CCC(n2cccc2)CC1. The first kappa shape index (κ1) is 7.87. The van der Waals surface area contributed by atoms with Crippen LogP contribution in [0.25, 0.3) is 0 Å². The van der Waals surface area contributed by atoms with E-state index >= 15 is 0 Å². The van der Waals surface area contributed by atoms with E-state index < -0.39 is 0 Å². The Morgan fingerprint density at radius 2 is 1.67 bits per heavy atom. The van der Waals surface area contributed by atoms with Gasteiger partial charge in [0.25, 0.3) is 0 Å². The Morgan fingerprint density at radius 3 is 2.25 bits per heavy atom. The van der Waals surface area contributed by atoms with E-state index in [4.69, 9.17) is 0 Å². The lowest BCUT2D eigenvalue weighted by molar-refractivity contribution is 0.221. The van der Waals surface area contributed by atoms with Gasteiger partial charge < -0.3 is 9.47 Å². The molecule has 2 heterocycles. The molecule has 2 nitrogen and oxygen atoms in total. The highest BCUT2D eigenvalue weighted by Crippen LogP contribution is 2.20. The minimum atomic E-state index is 0.746. The fourth-order valence-electron chi connectivity index (χ4n) is 1.88. The van der Waals surface area contributed by atoms with Crippen molar-refractivity contribution in [2.45, 2.75) is 18.9 Å². The maximum absolute atomic E-state index is 2.40. The molecule has 1 saturated heterocycles. The monoisotopic (exact) mass is 164 g/mol. The summed E-state index contributed by atoms with van der Waals surface area (Å²) < 4.78 is 2.34. The van der Waals surface area contributed by atoms with Crippen LogP contribution < -0.4 is 0 Å². The molecule has 0 atom stereocenters. The van der Waals surface area contributed by atoms with Crippen molar-refractivity contribution < 1.29 is 0 Å². The van der Waals surface area contributed by atoms with Crippen LogP contribution in [-0.2, 0) is 0 Å². The zero-order chi connectivity index (χ0) is 8.39. The van der Waals surface area contributed by atoms with E-state index in [1.54, 1.807) is 0 Å². The van der Waals surface area contributed by atoms with Crippen LogP contribution in [0.5, 0.6) is 0 Å². The fraction of sp³-hybridized carbons (Fsp3) is 0.600. The predicted octanol–water partition coefficient (Wildman–Crippen LogP) is 1.75. The number of rotatable bonds is 1. The molecule has 2 heteroatoms. The van der Waals surface area contributed by atoms with E-state index in [-0.39, 0.29) is 0 Å². The van der Waals surface area contributed by atoms with Crippen LogP contribution in [-0.4, -0.2) is 29.6 Å². The van der Waals surface area contributed by atoms with Gasteiger partial charge in [0, 0.05) is 18.4 Å². The molecule has 1 aromatic rings. The average molecular weight is 164 g/mol. The summed E-state index contributed by atoms with van der Waals surface area (Å²) in [5.41, 5.74) is 0. The van der Waals surface area contributed by atoms with Crippen LogP contribution in [0.4, 0.5) is 0 Å². The van der Waals surface area contributed by atoms with Gasteiger partial charge in [-0.1, -0.05) is 0 Å². The van der Waals surface area contributed by atoms with Crippen LogP contribution in [0.1, 0.15) is 18.9 Å². The van der Waals surface area contributed by atoms with Crippen molar-refractivity contribution in [3.05, 3.63) is 24.5 Å². The molecule has 12 heavy (non-hydrogen) atoms. The van der Waals surface area contributed by atoms with Gasteiger partial charge in [0.1, 0.15) is 0 Å². The summed E-state index contributed by atoms with van der Waals surface area (Å²) in [7, 11) is 2.20. The molecule has 1 aliphatic rings. The van der Waals surface area contributed by atoms with E-state index in [0.717, 1.165) is 6.04 Å². The molecule has 1 fully saturated rings. The maximum Gasteiger partial charge on any atom is 0.0355 e. The molecule has 0 bridgehead atoms. The first-order chi connectivity index (χ1) is 5.86. The van der Waals surface area contributed by atoms with Crippen molar-refractivity contribution in [3.63, 3.8) is 0 Å². The normalized spacial score (nSPS) is 21.4.